The van der Waals surface area contributed by atoms with Crippen LogP contribution in [0.2, 0.25) is 0 Å². The van der Waals surface area contributed by atoms with Gasteiger partial charge < -0.3 is 5.11 Å². The molecule has 1 fully saturated rings. The zero-order valence-electron chi connectivity index (χ0n) is 19.0. The summed E-state index contributed by atoms with van der Waals surface area (Å²) in [7, 11) is 1.81. The van der Waals surface area contributed by atoms with E-state index >= 15 is 0 Å². The lowest BCUT2D eigenvalue weighted by molar-refractivity contribution is -0.179. The number of hydrogen-bond acceptors (Lipinski definition) is 4. The van der Waals surface area contributed by atoms with Crippen molar-refractivity contribution in [2.45, 2.75) is 38.0 Å². The Bertz CT molecular complexity index is 1210. The first-order valence-corrected chi connectivity index (χ1v) is 11.7. The van der Waals surface area contributed by atoms with Crippen molar-refractivity contribution in [2.24, 2.45) is 5.41 Å². The Hall–Kier alpha value is -2.96. The van der Waals surface area contributed by atoms with Gasteiger partial charge in [-0.25, -0.2) is 0 Å². The summed E-state index contributed by atoms with van der Waals surface area (Å²) in [6, 6.07) is 27.6. The SMILES string of the molecule is Cc1ccc(C2CC(O)(c3ccc(Br)cc3)N(C)C(c3ccc(C)cc3)C2(C#N)C#N)cc1. The van der Waals surface area contributed by atoms with Crippen LogP contribution in [0.15, 0.2) is 77.3 Å². The topological polar surface area (TPSA) is 71.0 Å². The summed E-state index contributed by atoms with van der Waals surface area (Å²) >= 11 is 3.47. The molecule has 33 heavy (non-hydrogen) atoms. The first-order valence-electron chi connectivity index (χ1n) is 10.9. The van der Waals surface area contributed by atoms with Crippen LogP contribution in [0.4, 0.5) is 0 Å². The standard InChI is InChI=1S/C28H26BrN3O/c1-19-4-8-21(9-5-19)25-16-28(33,23-12-14-24(29)15-13-23)32(3)26(27(25,17-30)18-31)22-10-6-20(2)7-11-22/h4-15,25-26,33H,16H2,1-3H3. The van der Waals surface area contributed by atoms with E-state index < -0.39 is 23.1 Å². The van der Waals surface area contributed by atoms with Gasteiger partial charge in [0.1, 0.15) is 5.72 Å². The minimum Gasteiger partial charge on any atom is -0.371 e. The minimum atomic E-state index is -1.39. The average molecular weight is 500 g/mol. The van der Waals surface area contributed by atoms with Gasteiger partial charge in [0, 0.05) is 16.8 Å². The molecule has 0 radical (unpaired) electrons. The van der Waals surface area contributed by atoms with Crippen LogP contribution in [-0.2, 0) is 5.72 Å². The second-order valence-corrected chi connectivity index (χ2v) is 9.92. The zero-order valence-corrected chi connectivity index (χ0v) is 20.5. The molecule has 1 N–H and O–H groups in total. The Balaban J connectivity index is 1.98. The number of halogens is 1. The molecule has 3 aromatic rings. The maximum atomic E-state index is 12.2. The number of hydrogen-bond donors (Lipinski definition) is 1. The lowest BCUT2D eigenvalue weighted by atomic mass is 9.60. The molecule has 166 valence electrons. The van der Waals surface area contributed by atoms with Crippen LogP contribution in [0.1, 0.15) is 46.2 Å². The van der Waals surface area contributed by atoms with E-state index in [-0.39, 0.29) is 6.42 Å². The number of rotatable bonds is 3. The summed E-state index contributed by atoms with van der Waals surface area (Å²) in [5, 5.41) is 33.2. The van der Waals surface area contributed by atoms with Crippen LogP contribution in [0, 0.1) is 41.9 Å². The molecular formula is C28H26BrN3O. The second-order valence-electron chi connectivity index (χ2n) is 9.01. The van der Waals surface area contributed by atoms with Gasteiger partial charge in [-0.1, -0.05) is 87.7 Å². The number of benzene rings is 3. The molecule has 0 amide bonds. The van der Waals surface area contributed by atoms with Gasteiger partial charge in [-0.05, 0) is 49.7 Å². The fraction of sp³-hybridized carbons (Fsp3) is 0.286. The lowest BCUT2D eigenvalue weighted by Gasteiger charge is -2.54. The van der Waals surface area contributed by atoms with E-state index in [1.165, 1.54) is 0 Å². The van der Waals surface area contributed by atoms with Crippen molar-refractivity contribution in [3.63, 3.8) is 0 Å². The van der Waals surface area contributed by atoms with E-state index in [1.807, 2.05) is 86.6 Å². The van der Waals surface area contributed by atoms with Gasteiger partial charge in [-0.3, -0.25) is 4.90 Å². The van der Waals surface area contributed by atoms with Crippen LogP contribution < -0.4 is 0 Å². The van der Waals surface area contributed by atoms with Crippen molar-refractivity contribution < 1.29 is 5.11 Å². The number of nitrogens with zero attached hydrogens (tertiary/aromatic N) is 3. The van der Waals surface area contributed by atoms with Crippen molar-refractivity contribution in [3.8, 4) is 12.1 Å². The van der Waals surface area contributed by atoms with Gasteiger partial charge in [-0.2, -0.15) is 10.5 Å². The Kier molecular flexibility index (Phi) is 6.16. The Morgan fingerprint density at radius 3 is 1.82 bits per heavy atom. The van der Waals surface area contributed by atoms with Gasteiger partial charge in [0.2, 0.25) is 0 Å². The Morgan fingerprint density at radius 2 is 1.33 bits per heavy atom. The number of aryl methyl sites for hydroxylation is 2. The predicted octanol–water partition coefficient (Wildman–Crippen LogP) is 6.11. The molecule has 0 saturated carbocycles. The van der Waals surface area contributed by atoms with E-state index in [0.717, 1.165) is 32.3 Å². The largest absolute Gasteiger partial charge is 0.371 e. The molecular weight excluding hydrogens is 474 g/mol. The second kappa shape index (κ2) is 8.76. The maximum Gasteiger partial charge on any atom is 0.170 e. The van der Waals surface area contributed by atoms with E-state index in [4.69, 9.17) is 0 Å². The highest BCUT2D eigenvalue weighted by Gasteiger charge is 2.60. The molecule has 3 atom stereocenters. The summed E-state index contributed by atoms with van der Waals surface area (Å²) in [6.45, 7) is 4.01. The van der Waals surface area contributed by atoms with Gasteiger partial charge in [0.15, 0.2) is 5.41 Å². The van der Waals surface area contributed by atoms with Crippen LogP contribution >= 0.6 is 15.9 Å². The number of nitriles is 2. The number of aliphatic hydroxyl groups is 1. The van der Waals surface area contributed by atoms with E-state index in [9.17, 15) is 15.6 Å². The Morgan fingerprint density at radius 1 is 0.848 bits per heavy atom. The normalized spacial score (nSPS) is 24.6. The van der Waals surface area contributed by atoms with Crippen LogP contribution in [0.25, 0.3) is 0 Å². The van der Waals surface area contributed by atoms with E-state index in [2.05, 4.69) is 28.1 Å². The smallest absolute Gasteiger partial charge is 0.170 e. The molecule has 3 unspecified atom stereocenters. The zero-order chi connectivity index (χ0) is 23.8. The van der Waals surface area contributed by atoms with Gasteiger partial charge in [0.25, 0.3) is 0 Å². The van der Waals surface area contributed by atoms with Crippen molar-refractivity contribution in [1.82, 2.24) is 4.90 Å². The van der Waals surface area contributed by atoms with Crippen LogP contribution in [0.5, 0.6) is 0 Å². The summed E-state index contributed by atoms with van der Waals surface area (Å²) in [5.41, 5.74) is 1.87. The molecule has 1 aliphatic rings. The van der Waals surface area contributed by atoms with Crippen molar-refractivity contribution in [2.75, 3.05) is 7.05 Å². The molecule has 1 aliphatic heterocycles. The fourth-order valence-electron chi connectivity index (χ4n) is 5.06. The molecule has 4 rings (SSSR count). The molecule has 1 saturated heterocycles. The highest BCUT2D eigenvalue weighted by molar-refractivity contribution is 9.10. The van der Waals surface area contributed by atoms with Gasteiger partial charge in [-0.15, -0.1) is 0 Å². The molecule has 1 heterocycles. The number of piperidine rings is 1. The monoisotopic (exact) mass is 499 g/mol. The molecule has 0 aromatic heterocycles. The molecule has 0 bridgehead atoms. The molecule has 0 spiro atoms. The predicted molar refractivity (Wildman–Crippen MR) is 132 cm³/mol. The summed E-state index contributed by atoms with van der Waals surface area (Å²) in [5.74, 6) is -0.496. The first-order chi connectivity index (χ1) is 15.7. The van der Waals surface area contributed by atoms with Gasteiger partial charge >= 0.3 is 0 Å². The van der Waals surface area contributed by atoms with Crippen LogP contribution in [0.3, 0.4) is 0 Å². The summed E-state index contributed by atoms with van der Waals surface area (Å²) in [4.78, 5) is 1.80. The maximum absolute atomic E-state index is 12.2. The average Bonchev–Trinajstić information content (AvgIpc) is 2.82. The molecule has 3 aromatic carbocycles. The molecule has 5 heteroatoms. The van der Waals surface area contributed by atoms with Gasteiger partial charge in [0.05, 0.1) is 18.2 Å². The quantitative estimate of drug-likeness (QED) is 0.472. The van der Waals surface area contributed by atoms with Crippen LogP contribution in [-0.4, -0.2) is 17.1 Å². The third kappa shape index (κ3) is 3.87. The summed E-state index contributed by atoms with van der Waals surface area (Å²) in [6.07, 6.45) is 0.220. The molecule has 4 nitrogen and oxygen atoms in total. The van der Waals surface area contributed by atoms with Crippen molar-refractivity contribution in [1.29, 1.82) is 10.5 Å². The Labute approximate surface area is 203 Å². The lowest BCUT2D eigenvalue weighted by Crippen LogP contribution is -2.58. The minimum absolute atomic E-state index is 0.220. The fourth-order valence-corrected chi connectivity index (χ4v) is 5.32. The van der Waals surface area contributed by atoms with E-state index in [1.54, 1.807) is 11.9 Å². The van der Waals surface area contributed by atoms with Crippen molar-refractivity contribution >= 4 is 15.9 Å². The highest BCUT2D eigenvalue weighted by Crippen LogP contribution is 2.59. The van der Waals surface area contributed by atoms with Crippen molar-refractivity contribution in [3.05, 3.63) is 105 Å². The third-order valence-corrected chi connectivity index (χ3v) is 7.52. The molecule has 0 aliphatic carbocycles. The van der Waals surface area contributed by atoms with E-state index in [0.29, 0.717) is 0 Å². The number of likely N-dealkylation sites (tertiary alicyclic amines) is 1. The highest BCUT2D eigenvalue weighted by atomic mass is 79.9. The summed E-state index contributed by atoms with van der Waals surface area (Å²) < 4.78 is 0.918. The third-order valence-electron chi connectivity index (χ3n) is 6.99. The first kappa shape index (κ1) is 23.2.